The lowest BCUT2D eigenvalue weighted by atomic mass is 10.2. The topological polar surface area (TPSA) is 74.1 Å². The Balaban J connectivity index is 2.04. The minimum Gasteiger partial charge on any atom is -0.494 e. The molecule has 1 amide bonds. The van der Waals surface area contributed by atoms with Crippen LogP contribution in [0.3, 0.4) is 0 Å². The van der Waals surface area contributed by atoms with Crippen LogP contribution in [0.1, 0.15) is 12.5 Å². The van der Waals surface area contributed by atoms with Gasteiger partial charge >= 0.3 is 0 Å². The van der Waals surface area contributed by atoms with E-state index in [4.69, 9.17) is 16.3 Å². The Bertz CT molecular complexity index is 824. The first-order chi connectivity index (χ1) is 12.0. The second-order valence-electron chi connectivity index (χ2n) is 5.19. The van der Waals surface area contributed by atoms with Gasteiger partial charge in [0.25, 0.3) is 5.91 Å². The molecule has 0 unspecified atom stereocenters. The van der Waals surface area contributed by atoms with E-state index in [9.17, 15) is 10.1 Å². The van der Waals surface area contributed by atoms with Crippen LogP contribution in [0.4, 0.5) is 11.4 Å². The first-order valence-electron chi connectivity index (χ1n) is 7.70. The summed E-state index contributed by atoms with van der Waals surface area (Å²) >= 11 is 6.05. The molecule has 0 atom stereocenters. The molecule has 0 spiro atoms. The van der Waals surface area contributed by atoms with Crippen molar-refractivity contribution < 1.29 is 9.53 Å². The van der Waals surface area contributed by atoms with Crippen LogP contribution in [0.15, 0.2) is 54.2 Å². The molecule has 0 aliphatic rings. The van der Waals surface area contributed by atoms with E-state index in [1.54, 1.807) is 30.3 Å². The zero-order valence-corrected chi connectivity index (χ0v) is 14.7. The lowest BCUT2D eigenvalue weighted by Crippen LogP contribution is -2.14. The minimum atomic E-state index is -0.502. The molecule has 0 saturated carbocycles. The van der Waals surface area contributed by atoms with Crippen LogP contribution >= 0.6 is 11.6 Å². The van der Waals surface area contributed by atoms with E-state index >= 15 is 0 Å². The molecule has 0 heterocycles. The third-order valence-electron chi connectivity index (χ3n) is 3.34. The number of benzene rings is 2. The number of nitrogens with zero attached hydrogens (tertiary/aromatic N) is 1. The fraction of sp³-hybridized carbons (Fsp3) is 0.158. The fourth-order valence-corrected chi connectivity index (χ4v) is 2.17. The molecule has 0 radical (unpaired) electrons. The van der Waals surface area contributed by atoms with Gasteiger partial charge in [-0.1, -0.05) is 17.7 Å². The highest BCUT2D eigenvalue weighted by atomic mass is 35.5. The monoisotopic (exact) mass is 355 g/mol. The molecule has 0 fully saturated rings. The van der Waals surface area contributed by atoms with E-state index in [0.29, 0.717) is 23.0 Å². The lowest BCUT2D eigenvalue weighted by Gasteiger charge is -2.07. The van der Waals surface area contributed by atoms with Gasteiger partial charge in [0, 0.05) is 22.6 Å². The number of ether oxygens (including phenoxy) is 1. The van der Waals surface area contributed by atoms with Crippen molar-refractivity contribution in [1.82, 2.24) is 0 Å². The van der Waals surface area contributed by atoms with Gasteiger partial charge in [0.2, 0.25) is 0 Å². The van der Waals surface area contributed by atoms with Gasteiger partial charge in [0.05, 0.1) is 6.61 Å². The number of halogens is 1. The number of anilines is 2. The average molecular weight is 356 g/mol. The number of hydrogen-bond acceptors (Lipinski definition) is 4. The molecule has 6 heteroatoms. The van der Waals surface area contributed by atoms with Gasteiger partial charge in [-0.05, 0) is 55.8 Å². The van der Waals surface area contributed by atoms with E-state index in [2.05, 4.69) is 10.6 Å². The first-order valence-corrected chi connectivity index (χ1v) is 8.08. The number of hydrogen-bond donors (Lipinski definition) is 2. The zero-order valence-electron chi connectivity index (χ0n) is 14.0. The van der Waals surface area contributed by atoms with E-state index in [-0.39, 0.29) is 5.57 Å². The first kappa shape index (κ1) is 18.4. The fourth-order valence-electron chi connectivity index (χ4n) is 1.99. The smallest absolute Gasteiger partial charge is 0.267 e. The van der Waals surface area contributed by atoms with Gasteiger partial charge in [0.15, 0.2) is 0 Å². The van der Waals surface area contributed by atoms with Crippen LogP contribution in [0.25, 0.3) is 0 Å². The third kappa shape index (κ3) is 5.27. The summed E-state index contributed by atoms with van der Waals surface area (Å²) in [6, 6.07) is 14.2. The second-order valence-corrected chi connectivity index (χ2v) is 5.60. The quantitative estimate of drug-likeness (QED) is 0.590. The zero-order chi connectivity index (χ0) is 18.2. The maximum atomic E-state index is 12.2. The van der Waals surface area contributed by atoms with E-state index in [0.717, 1.165) is 11.3 Å². The molecule has 2 N–H and O–H groups in total. The standard InChI is InChI=1S/C19H18ClN3O2/c1-3-25-17-8-6-15(7-9-17)23-19(24)14(11-21)12-22-16-5-4-13(2)18(20)10-16/h4-10,12,22H,3H2,1-2H3,(H,23,24)/b14-12-. The van der Waals surface area contributed by atoms with Gasteiger partial charge in [-0.3, -0.25) is 4.79 Å². The summed E-state index contributed by atoms with van der Waals surface area (Å²) in [6.45, 7) is 4.36. The summed E-state index contributed by atoms with van der Waals surface area (Å²) in [4.78, 5) is 12.2. The Morgan fingerprint density at radius 2 is 1.92 bits per heavy atom. The highest BCUT2D eigenvalue weighted by Gasteiger charge is 2.09. The molecule has 0 aliphatic carbocycles. The highest BCUT2D eigenvalue weighted by molar-refractivity contribution is 6.31. The summed E-state index contributed by atoms with van der Waals surface area (Å²) in [5, 5.41) is 15.4. The number of nitriles is 1. The van der Waals surface area contributed by atoms with Crippen molar-refractivity contribution in [2.24, 2.45) is 0 Å². The number of rotatable bonds is 6. The maximum absolute atomic E-state index is 12.2. The lowest BCUT2D eigenvalue weighted by molar-refractivity contribution is -0.112. The van der Waals surface area contributed by atoms with E-state index in [1.165, 1.54) is 6.20 Å². The summed E-state index contributed by atoms with van der Waals surface area (Å²) in [7, 11) is 0. The molecular formula is C19H18ClN3O2. The Labute approximate surface area is 151 Å². The Hall–Kier alpha value is -2.97. The number of carbonyl (C=O) groups excluding carboxylic acids is 1. The van der Waals surface area contributed by atoms with Gasteiger partial charge < -0.3 is 15.4 Å². The molecule has 5 nitrogen and oxygen atoms in total. The van der Waals surface area contributed by atoms with Crippen molar-refractivity contribution in [2.75, 3.05) is 17.2 Å². The SMILES string of the molecule is CCOc1ccc(NC(=O)/C(C#N)=C\Nc2ccc(C)c(Cl)c2)cc1. The van der Waals surface area contributed by atoms with Crippen LogP contribution in [0.5, 0.6) is 5.75 Å². The Kier molecular flexibility index (Phi) is 6.44. The number of carbonyl (C=O) groups is 1. The molecule has 0 saturated heterocycles. The third-order valence-corrected chi connectivity index (χ3v) is 3.75. The molecular weight excluding hydrogens is 338 g/mol. The van der Waals surface area contributed by atoms with Gasteiger partial charge in [-0.15, -0.1) is 0 Å². The maximum Gasteiger partial charge on any atom is 0.267 e. The summed E-state index contributed by atoms with van der Waals surface area (Å²) in [5.41, 5.74) is 2.17. The number of amides is 1. The summed E-state index contributed by atoms with van der Waals surface area (Å²) in [5.74, 6) is 0.215. The van der Waals surface area contributed by atoms with Crippen molar-refractivity contribution in [2.45, 2.75) is 13.8 Å². The predicted molar refractivity (Wildman–Crippen MR) is 99.7 cm³/mol. The molecule has 25 heavy (non-hydrogen) atoms. The number of nitrogens with one attached hydrogen (secondary N) is 2. The number of aryl methyl sites for hydroxylation is 1. The van der Waals surface area contributed by atoms with E-state index < -0.39 is 5.91 Å². The largest absolute Gasteiger partial charge is 0.494 e. The Morgan fingerprint density at radius 1 is 1.24 bits per heavy atom. The molecule has 2 aromatic carbocycles. The van der Waals surface area contributed by atoms with Crippen LogP contribution in [-0.4, -0.2) is 12.5 Å². The van der Waals surface area contributed by atoms with Gasteiger partial charge in [0.1, 0.15) is 17.4 Å². The van der Waals surface area contributed by atoms with Crippen LogP contribution < -0.4 is 15.4 Å². The van der Waals surface area contributed by atoms with Gasteiger partial charge in [-0.25, -0.2) is 0 Å². The van der Waals surface area contributed by atoms with Crippen molar-refractivity contribution >= 4 is 28.9 Å². The minimum absolute atomic E-state index is 0.0504. The molecule has 0 aliphatic heterocycles. The average Bonchev–Trinajstić information content (AvgIpc) is 2.60. The molecule has 128 valence electrons. The molecule has 0 aromatic heterocycles. The summed E-state index contributed by atoms with van der Waals surface area (Å²) < 4.78 is 5.34. The van der Waals surface area contributed by atoms with Crippen LogP contribution in [0, 0.1) is 18.3 Å². The summed E-state index contributed by atoms with van der Waals surface area (Å²) in [6.07, 6.45) is 1.35. The second kappa shape index (κ2) is 8.76. The molecule has 2 aromatic rings. The van der Waals surface area contributed by atoms with Crippen LogP contribution in [0.2, 0.25) is 5.02 Å². The van der Waals surface area contributed by atoms with E-state index in [1.807, 2.05) is 32.0 Å². The van der Waals surface area contributed by atoms with Crippen LogP contribution in [-0.2, 0) is 4.79 Å². The van der Waals surface area contributed by atoms with Crippen molar-refractivity contribution in [3.63, 3.8) is 0 Å². The van der Waals surface area contributed by atoms with Crippen molar-refractivity contribution in [3.05, 3.63) is 64.8 Å². The van der Waals surface area contributed by atoms with Crippen molar-refractivity contribution in [1.29, 1.82) is 5.26 Å². The Morgan fingerprint density at radius 3 is 2.52 bits per heavy atom. The molecule has 2 rings (SSSR count). The molecule has 0 bridgehead atoms. The normalized spacial score (nSPS) is 10.7. The van der Waals surface area contributed by atoms with Gasteiger partial charge in [-0.2, -0.15) is 5.26 Å². The highest BCUT2D eigenvalue weighted by Crippen LogP contribution is 2.20. The van der Waals surface area contributed by atoms with Crippen molar-refractivity contribution in [3.8, 4) is 11.8 Å². The predicted octanol–water partition coefficient (Wildman–Crippen LogP) is 4.51.